The van der Waals surface area contributed by atoms with Crippen LogP contribution >= 0.6 is 0 Å². The van der Waals surface area contributed by atoms with Crippen LogP contribution in [-0.2, 0) is 0 Å². The molecule has 0 fully saturated rings. The van der Waals surface area contributed by atoms with E-state index < -0.39 is 0 Å². The first-order valence-corrected chi connectivity index (χ1v) is 6.28. The number of amidine groups is 1. The van der Waals surface area contributed by atoms with Gasteiger partial charge in [-0.15, -0.1) is 0 Å². The molecule has 0 saturated carbocycles. The van der Waals surface area contributed by atoms with Crippen molar-refractivity contribution in [3.8, 4) is 0 Å². The van der Waals surface area contributed by atoms with Gasteiger partial charge in [0.2, 0.25) is 0 Å². The number of hydrogen-bond donors (Lipinski definition) is 3. The second kappa shape index (κ2) is 6.16. The highest BCUT2D eigenvalue weighted by Gasteiger charge is 2.17. The molecule has 0 aromatic heterocycles. The monoisotopic (exact) mass is 245 g/mol. The maximum atomic E-state index is 4.58. The van der Waals surface area contributed by atoms with Crippen molar-refractivity contribution >= 4 is 11.8 Å². The molecule has 0 amide bonds. The largest absolute Gasteiger partial charge is 0.322 e. The van der Waals surface area contributed by atoms with E-state index in [1.54, 1.807) is 0 Å². The molecule has 0 saturated heterocycles. The standard InChI is InChI=1S/C13H19N5/c1-3-14-12-16-11(10-8-6-5-7-9-10)17-13(18-12)15-4-2/h5-9,12,14H,3-4H2,1-2H3,(H2,15,16,17,18). The Kier molecular flexibility index (Phi) is 4.30. The van der Waals surface area contributed by atoms with Crippen LogP contribution in [0, 0.1) is 0 Å². The third-order valence-electron chi connectivity index (χ3n) is 2.53. The maximum Gasteiger partial charge on any atom is 0.199 e. The van der Waals surface area contributed by atoms with Gasteiger partial charge >= 0.3 is 0 Å². The van der Waals surface area contributed by atoms with Crippen LogP contribution in [0.2, 0.25) is 0 Å². The molecular formula is C13H19N5. The Hall–Kier alpha value is -1.88. The van der Waals surface area contributed by atoms with Crippen molar-refractivity contribution in [1.82, 2.24) is 16.0 Å². The van der Waals surface area contributed by atoms with Crippen LogP contribution in [0.1, 0.15) is 19.4 Å². The molecule has 3 N–H and O–H groups in total. The summed E-state index contributed by atoms with van der Waals surface area (Å²) in [5.74, 6) is 1.60. The van der Waals surface area contributed by atoms with Crippen LogP contribution in [0.3, 0.4) is 0 Å². The molecule has 0 bridgehead atoms. The summed E-state index contributed by atoms with van der Waals surface area (Å²) in [5, 5.41) is 9.66. The fraction of sp³-hybridized carbons (Fsp3) is 0.385. The number of nitrogens with one attached hydrogen (secondary N) is 3. The minimum Gasteiger partial charge on any atom is -0.322 e. The molecule has 5 heteroatoms. The van der Waals surface area contributed by atoms with Gasteiger partial charge in [0, 0.05) is 12.1 Å². The van der Waals surface area contributed by atoms with Crippen LogP contribution < -0.4 is 16.0 Å². The van der Waals surface area contributed by atoms with E-state index in [0.717, 1.165) is 30.4 Å². The highest BCUT2D eigenvalue weighted by molar-refractivity contribution is 6.10. The van der Waals surface area contributed by atoms with Gasteiger partial charge in [-0.25, -0.2) is 4.99 Å². The first-order chi connectivity index (χ1) is 8.83. The number of hydrogen-bond acceptors (Lipinski definition) is 3. The second-order valence-electron chi connectivity index (χ2n) is 3.90. The van der Waals surface area contributed by atoms with Crippen molar-refractivity contribution in [3.05, 3.63) is 35.9 Å². The van der Waals surface area contributed by atoms with Crippen LogP contribution in [0.5, 0.6) is 0 Å². The molecule has 1 aliphatic rings. The fourth-order valence-corrected chi connectivity index (χ4v) is 1.75. The molecule has 1 aromatic rings. The lowest BCUT2D eigenvalue weighted by Crippen LogP contribution is -2.56. The molecule has 1 aliphatic heterocycles. The normalized spacial score (nSPS) is 21.1. The third kappa shape index (κ3) is 3.07. The molecule has 96 valence electrons. The molecule has 2 rings (SSSR count). The SMILES string of the molecule is CCN=C1NC(c2ccccc2)=NC(NCC)N1. The predicted molar refractivity (Wildman–Crippen MR) is 74.7 cm³/mol. The molecule has 1 unspecified atom stereocenters. The smallest absolute Gasteiger partial charge is 0.199 e. The first-order valence-electron chi connectivity index (χ1n) is 6.28. The molecule has 0 aliphatic carbocycles. The van der Waals surface area contributed by atoms with E-state index in [1.165, 1.54) is 0 Å². The molecule has 1 aromatic carbocycles. The van der Waals surface area contributed by atoms with E-state index >= 15 is 0 Å². The average Bonchev–Trinajstić information content (AvgIpc) is 2.40. The molecule has 1 heterocycles. The molecular weight excluding hydrogens is 226 g/mol. The van der Waals surface area contributed by atoms with Gasteiger partial charge in [0.25, 0.3) is 0 Å². The van der Waals surface area contributed by atoms with Gasteiger partial charge in [0.05, 0.1) is 0 Å². The summed E-state index contributed by atoms with van der Waals surface area (Å²) in [7, 11) is 0. The lowest BCUT2D eigenvalue weighted by molar-refractivity contribution is 0.504. The van der Waals surface area contributed by atoms with Crippen molar-refractivity contribution in [2.75, 3.05) is 13.1 Å². The van der Waals surface area contributed by atoms with Gasteiger partial charge in [-0.3, -0.25) is 10.3 Å². The average molecular weight is 245 g/mol. The van der Waals surface area contributed by atoms with E-state index in [9.17, 15) is 0 Å². The second-order valence-corrected chi connectivity index (χ2v) is 3.90. The predicted octanol–water partition coefficient (Wildman–Crippen LogP) is 0.895. The number of rotatable bonds is 4. The fourth-order valence-electron chi connectivity index (χ4n) is 1.75. The van der Waals surface area contributed by atoms with Gasteiger partial charge in [0.15, 0.2) is 12.2 Å². The van der Waals surface area contributed by atoms with E-state index in [1.807, 2.05) is 37.3 Å². The van der Waals surface area contributed by atoms with Crippen molar-refractivity contribution in [1.29, 1.82) is 0 Å². The van der Waals surface area contributed by atoms with Crippen molar-refractivity contribution < 1.29 is 0 Å². The van der Waals surface area contributed by atoms with Gasteiger partial charge in [-0.1, -0.05) is 37.3 Å². The van der Waals surface area contributed by atoms with Gasteiger partial charge < -0.3 is 10.6 Å². The Morgan fingerprint density at radius 1 is 1.28 bits per heavy atom. The lowest BCUT2D eigenvalue weighted by atomic mass is 10.2. The van der Waals surface area contributed by atoms with E-state index in [-0.39, 0.29) is 6.29 Å². The summed E-state index contributed by atoms with van der Waals surface area (Å²) in [6.45, 7) is 5.64. The Morgan fingerprint density at radius 2 is 2.06 bits per heavy atom. The van der Waals surface area contributed by atoms with E-state index in [2.05, 4.69) is 32.9 Å². The quantitative estimate of drug-likeness (QED) is 0.738. The van der Waals surface area contributed by atoms with Gasteiger partial charge in [0.1, 0.15) is 5.84 Å². The third-order valence-corrected chi connectivity index (χ3v) is 2.53. The minimum atomic E-state index is -0.128. The number of guanidine groups is 1. The van der Waals surface area contributed by atoms with Gasteiger partial charge in [-0.2, -0.15) is 0 Å². The minimum absolute atomic E-state index is 0.128. The molecule has 0 radical (unpaired) electrons. The highest BCUT2D eigenvalue weighted by Crippen LogP contribution is 2.03. The lowest BCUT2D eigenvalue weighted by Gasteiger charge is -2.26. The zero-order valence-corrected chi connectivity index (χ0v) is 10.8. The topological polar surface area (TPSA) is 60.8 Å². The van der Waals surface area contributed by atoms with Gasteiger partial charge in [-0.05, 0) is 13.5 Å². The zero-order chi connectivity index (χ0) is 12.8. The summed E-state index contributed by atoms with van der Waals surface area (Å²) in [6, 6.07) is 10.1. The van der Waals surface area contributed by atoms with Crippen LogP contribution in [0.4, 0.5) is 0 Å². The molecule has 1 atom stereocenters. The highest BCUT2D eigenvalue weighted by atomic mass is 15.4. The maximum absolute atomic E-state index is 4.58. The Bertz CT molecular complexity index is 438. The summed E-state index contributed by atoms with van der Waals surface area (Å²) in [5.41, 5.74) is 1.06. The number of aliphatic imine (C=N–C) groups is 2. The number of nitrogens with zero attached hydrogens (tertiary/aromatic N) is 2. The van der Waals surface area contributed by atoms with Crippen molar-refractivity contribution in [2.45, 2.75) is 20.1 Å². The first kappa shape index (κ1) is 12.6. The summed E-state index contributed by atoms with van der Waals surface area (Å²) in [6.07, 6.45) is -0.128. The van der Waals surface area contributed by atoms with E-state index in [4.69, 9.17) is 0 Å². The Balaban J connectivity index is 2.24. The molecule has 18 heavy (non-hydrogen) atoms. The molecule has 5 nitrogen and oxygen atoms in total. The van der Waals surface area contributed by atoms with E-state index in [0.29, 0.717) is 0 Å². The van der Waals surface area contributed by atoms with Crippen molar-refractivity contribution in [3.63, 3.8) is 0 Å². The summed E-state index contributed by atoms with van der Waals surface area (Å²) < 4.78 is 0. The molecule has 0 spiro atoms. The van der Waals surface area contributed by atoms with Crippen LogP contribution in [-0.4, -0.2) is 31.2 Å². The zero-order valence-electron chi connectivity index (χ0n) is 10.8. The Labute approximate surface area is 107 Å². The number of benzene rings is 1. The Morgan fingerprint density at radius 3 is 2.72 bits per heavy atom. The van der Waals surface area contributed by atoms with Crippen LogP contribution in [0.25, 0.3) is 0 Å². The van der Waals surface area contributed by atoms with Crippen LogP contribution in [0.15, 0.2) is 40.3 Å². The summed E-state index contributed by atoms with van der Waals surface area (Å²) >= 11 is 0. The van der Waals surface area contributed by atoms with Crippen molar-refractivity contribution in [2.24, 2.45) is 9.98 Å². The summed E-state index contributed by atoms with van der Waals surface area (Å²) in [4.78, 5) is 8.94.